The van der Waals surface area contributed by atoms with Crippen LogP contribution >= 0.6 is 0 Å². The smallest absolute Gasteiger partial charge is 0.225 e. The average molecular weight is 145 g/mol. The predicted molar refractivity (Wildman–Crippen MR) is 45.9 cm³/mol. The van der Waals surface area contributed by atoms with Gasteiger partial charge in [-0.3, -0.25) is 4.79 Å². The second kappa shape index (κ2) is 3.71. The Bertz CT molecular complexity index is 274. The van der Waals surface area contributed by atoms with Crippen molar-refractivity contribution >= 4 is 12.4 Å². The summed E-state index contributed by atoms with van der Waals surface area (Å²) in [6.07, 6.45) is 4.81. The molecule has 0 atom stereocenters. The van der Waals surface area contributed by atoms with Gasteiger partial charge in [0.15, 0.2) is 0 Å². The minimum absolute atomic E-state index is 1.04. The third-order valence-electron chi connectivity index (χ3n) is 1.39. The van der Waals surface area contributed by atoms with E-state index in [1.807, 2.05) is 31.2 Å². The lowest BCUT2D eigenvalue weighted by atomic mass is 10.1. The van der Waals surface area contributed by atoms with E-state index in [1.54, 1.807) is 12.4 Å². The van der Waals surface area contributed by atoms with Crippen LogP contribution in [-0.4, -0.2) is 6.29 Å². The van der Waals surface area contributed by atoms with Gasteiger partial charge >= 0.3 is 0 Å². The SMILES string of the molecule is Cc1cccc(C=C[C]=O)c1. The monoisotopic (exact) mass is 145 g/mol. The van der Waals surface area contributed by atoms with E-state index in [-0.39, 0.29) is 0 Å². The number of benzene rings is 1. The van der Waals surface area contributed by atoms with Gasteiger partial charge in [-0.25, -0.2) is 0 Å². The molecule has 55 valence electrons. The molecule has 0 unspecified atom stereocenters. The number of aryl methyl sites for hydroxylation is 1. The van der Waals surface area contributed by atoms with Crippen LogP contribution in [0, 0.1) is 6.92 Å². The second-order valence-corrected chi connectivity index (χ2v) is 2.37. The molecule has 1 radical (unpaired) electrons. The number of rotatable bonds is 2. The quantitative estimate of drug-likeness (QED) is 0.582. The van der Waals surface area contributed by atoms with Crippen LogP contribution in [0.5, 0.6) is 0 Å². The van der Waals surface area contributed by atoms with Gasteiger partial charge in [0.05, 0.1) is 0 Å². The molecule has 0 bridgehead atoms. The first kappa shape index (κ1) is 7.73. The number of hydrogen-bond donors (Lipinski definition) is 0. The molecule has 0 spiro atoms. The van der Waals surface area contributed by atoms with Crippen LogP contribution < -0.4 is 0 Å². The lowest BCUT2D eigenvalue weighted by Gasteiger charge is -1.92. The van der Waals surface area contributed by atoms with Crippen molar-refractivity contribution in [3.05, 3.63) is 41.5 Å². The summed E-state index contributed by atoms with van der Waals surface area (Å²) in [6, 6.07) is 7.93. The van der Waals surface area contributed by atoms with Gasteiger partial charge in [0.25, 0.3) is 0 Å². The van der Waals surface area contributed by atoms with Gasteiger partial charge in [0.2, 0.25) is 6.29 Å². The summed E-state index contributed by atoms with van der Waals surface area (Å²) in [5.41, 5.74) is 2.23. The van der Waals surface area contributed by atoms with Crippen LogP contribution in [0.3, 0.4) is 0 Å². The van der Waals surface area contributed by atoms with Crippen molar-refractivity contribution < 1.29 is 4.79 Å². The molecule has 0 aliphatic rings. The molecule has 0 heterocycles. The van der Waals surface area contributed by atoms with Crippen molar-refractivity contribution in [3.8, 4) is 0 Å². The largest absolute Gasteiger partial charge is 0.286 e. The van der Waals surface area contributed by atoms with Gasteiger partial charge in [-0.15, -0.1) is 0 Å². The van der Waals surface area contributed by atoms with Crippen LogP contribution in [0.1, 0.15) is 11.1 Å². The molecule has 0 amide bonds. The van der Waals surface area contributed by atoms with Gasteiger partial charge in [0.1, 0.15) is 0 Å². The molecular formula is C10H9O. The summed E-state index contributed by atoms with van der Waals surface area (Å²) in [4.78, 5) is 9.85. The molecule has 1 nitrogen and oxygen atoms in total. The first-order chi connectivity index (χ1) is 5.33. The molecule has 1 aromatic carbocycles. The van der Waals surface area contributed by atoms with E-state index in [9.17, 15) is 4.79 Å². The number of carbonyl (C=O) groups excluding carboxylic acids is 1. The van der Waals surface area contributed by atoms with Gasteiger partial charge in [0, 0.05) is 0 Å². The fraction of sp³-hybridized carbons (Fsp3) is 0.100. The van der Waals surface area contributed by atoms with E-state index in [4.69, 9.17) is 0 Å². The normalized spacial score (nSPS) is 10.3. The zero-order valence-corrected chi connectivity index (χ0v) is 6.37. The lowest BCUT2D eigenvalue weighted by Crippen LogP contribution is -1.74. The van der Waals surface area contributed by atoms with E-state index in [0.29, 0.717) is 0 Å². The highest BCUT2D eigenvalue weighted by molar-refractivity contribution is 5.74. The molecule has 1 rings (SSSR count). The molecule has 1 heteroatoms. The predicted octanol–water partition coefficient (Wildman–Crippen LogP) is 2.12. The van der Waals surface area contributed by atoms with Gasteiger partial charge in [-0.05, 0) is 18.6 Å². The van der Waals surface area contributed by atoms with Crippen LogP contribution in [0.2, 0.25) is 0 Å². The van der Waals surface area contributed by atoms with E-state index in [0.717, 1.165) is 5.56 Å². The van der Waals surface area contributed by atoms with Crippen LogP contribution in [0.15, 0.2) is 30.3 Å². The summed E-state index contributed by atoms with van der Waals surface area (Å²) in [6.45, 7) is 2.02. The zero-order chi connectivity index (χ0) is 8.10. The molecule has 0 aliphatic carbocycles. The first-order valence-corrected chi connectivity index (χ1v) is 3.44. The van der Waals surface area contributed by atoms with Gasteiger partial charge in [-0.1, -0.05) is 35.9 Å². The topological polar surface area (TPSA) is 17.1 Å². The van der Waals surface area contributed by atoms with Crippen molar-refractivity contribution in [1.29, 1.82) is 0 Å². The van der Waals surface area contributed by atoms with Crippen molar-refractivity contribution in [2.45, 2.75) is 6.92 Å². The Morgan fingerprint density at radius 1 is 1.45 bits per heavy atom. The molecule has 0 N–H and O–H groups in total. The molecule has 0 aromatic heterocycles. The molecule has 0 aliphatic heterocycles. The average Bonchev–Trinajstić information content (AvgIpc) is 2.01. The molecule has 1 aromatic rings. The van der Waals surface area contributed by atoms with Crippen molar-refractivity contribution in [2.75, 3.05) is 0 Å². The minimum Gasteiger partial charge on any atom is -0.286 e. The molecular weight excluding hydrogens is 136 g/mol. The number of hydrogen-bond acceptors (Lipinski definition) is 1. The van der Waals surface area contributed by atoms with Gasteiger partial charge < -0.3 is 0 Å². The number of allylic oxidation sites excluding steroid dienone is 1. The Kier molecular flexibility index (Phi) is 2.61. The summed E-state index contributed by atoms with van der Waals surface area (Å²) in [5, 5.41) is 0. The van der Waals surface area contributed by atoms with E-state index >= 15 is 0 Å². The summed E-state index contributed by atoms with van der Waals surface area (Å²) >= 11 is 0. The maximum atomic E-state index is 9.85. The Morgan fingerprint density at radius 2 is 2.27 bits per heavy atom. The zero-order valence-electron chi connectivity index (χ0n) is 6.37. The third-order valence-corrected chi connectivity index (χ3v) is 1.39. The minimum atomic E-state index is 1.04. The Morgan fingerprint density at radius 3 is 2.91 bits per heavy atom. The third kappa shape index (κ3) is 2.38. The highest BCUT2D eigenvalue weighted by Crippen LogP contribution is 2.04. The molecule has 0 saturated carbocycles. The first-order valence-electron chi connectivity index (χ1n) is 3.44. The van der Waals surface area contributed by atoms with E-state index in [2.05, 4.69) is 0 Å². The highest BCUT2D eigenvalue weighted by atomic mass is 16.1. The fourth-order valence-corrected chi connectivity index (χ4v) is 0.904. The Hall–Kier alpha value is -1.37. The molecule has 0 fully saturated rings. The summed E-state index contributed by atoms with van der Waals surface area (Å²) < 4.78 is 0. The van der Waals surface area contributed by atoms with Crippen LogP contribution in [0.4, 0.5) is 0 Å². The molecule has 0 saturated heterocycles. The summed E-state index contributed by atoms with van der Waals surface area (Å²) in [7, 11) is 0. The Balaban J connectivity index is 2.87. The van der Waals surface area contributed by atoms with Crippen molar-refractivity contribution in [3.63, 3.8) is 0 Å². The van der Waals surface area contributed by atoms with Gasteiger partial charge in [-0.2, -0.15) is 0 Å². The standard InChI is InChI=1S/C10H9O/c1-9-4-2-5-10(8-9)6-3-7-11/h2-6,8H,1H3. The molecule has 11 heavy (non-hydrogen) atoms. The maximum Gasteiger partial charge on any atom is 0.225 e. The summed E-state index contributed by atoms with van der Waals surface area (Å²) in [5.74, 6) is 0. The van der Waals surface area contributed by atoms with Crippen LogP contribution in [0.25, 0.3) is 6.08 Å². The highest BCUT2D eigenvalue weighted by Gasteiger charge is 1.85. The lowest BCUT2D eigenvalue weighted by molar-refractivity contribution is 0.564. The maximum absolute atomic E-state index is 9.85. The van der Waals surface area contributed by atoms with Crippen molar-refractivity contribution in [2.24, 2.45) is 0 Å². The van der Waals surface area contributed by atoms with Crippen LogP contribution in [-0.2, 0) is 4.79 Å². The Labute approximate surface area is 66.4 Å². The van der Waals surface area contributed by atoms with E-state index < -0.39 is 0 Å². The van der Waals surface area contributed by atoms with Crippen molar-refractivity contribution in [1.82, 2.24) is 0 Å². The fourth-order valence-electron chi connectivity index (χ4n) is 0.904. The second-order valence-electron chi connectivity index (χ2n) is 2.37. The van der Waals surface area contributed by atoms with E-state index in [1.165, 1.54) is 11.6 Å².